The highest BCUT2D eigenvalue weighted by Crippen LogP contribution is 2.34. The van der Waals surface area contributed by atoms with Crippen LogP contribution in [-0.4, -0.2) is 41.3 Å². The lowest BCUT2D eigenvalue weighted by Gasteiger charge is -2.19. The molecule has 1 unspecified atom stereocenters. The summed E-state index contributed by atoms with van der Waals surface area (Å²) in [6.07, 6.45) is 1.62. The third-order valence-electron chi connectivity index (χ3n) is 3.33. The van der Waals surface area contributed by atoms with E-state index in [4.69, 9.17) is 9.47 Å². The number of carbonyl (C=O) groups is 3. The van der Waals surface area contributed by atoms with Crippen LogP contribution in [0.15, 0.2) is 29.2 Å². The van der Waals surface area contributed by atoms with Gasteiger partial charge in [0.2, 0.25) is 0 Å². The average Bonchev–Trinajstić information content (AvgIpc) is 2.83. The van der Waals surface area contributed by atoms with Crippen LogP contribution in [-0.2, 0) is 14.3 Å². The molecule has 1 heterocycles. The number of benzene rings is 1. The second-order valence-corrected chi connectivity index (χ2v) is 5.97. The first kappa shape index (κ1) is 18.1. The summed E-state index contributed by atoms with van der Waals surface area (Å²) in [7, 11) is 0. The van der Waals surface area contributed by atoms with Gasteiger partial charge in [0.1, 0.15) is 11.8 Å². The van der Waals surface area contributed by atoms with Gasteiger partial charge in [0.05, 0.1) is 18.1 Å². The fraction of sp³-hybridized carbons (Fsp3) is 0.353. The Morgan fingerprint density at radius 1 is 1.21 bits per heavy atom. The molecule has 24 heavy (non-hydrogen) atoms. The fourth-order valence-electron chi connectivity index (χ4n) is 2.16. The molecule has 2 rings (SSSR count). The molecule has 128 valence electrons. The normalized spacial score (nSPS) is 17.3. The third kappa shape index (κ3) is 3.97. The van der Waals surface area contributed by atoms with Gasteiger partial charge in [0, 0.05) is 0 Å². The Balaban J connectivity index is 2.16. The van der Waals surface area contributed by atoms with E-state index in [1.165, 1.54) is 6.92 Å². The molecule has 0 aromatic heterocycles. The number of hydrogen-bond donors (Lipinski definition) is 0. The van der Waals surface area contributed by atoms with E-state index in [9.17, 15) is 14.4 Å². The molecule has 1 atom stereocenters. The first-order valence-corrected chi connectivity index (χ1v) is 8.46. The zero-order valence-electron chi connectivity index (χ0n) is 13.8. The van der Waals surface area contributed by atoms with Crippen molar-refractivity contribution in [1.29, 1.82) is 0 Å². The zero-order chi connectivity index (χ0) is 17.7. The van der Waals surface area contributed by atoms with Crippen molar-refractivity contribution >= 4 is 35.0 Å². The lowest BCUT2D eigenvalue weighted by atomic mass is 10.2. The number of thioether (sulfide) groups is 1. The molecule has 6 nitrogen and oxygen atoms in total. The average molecular weight is 349 g/mol. The van der Waals surface area contributed by atoms with E-state index in [0.717, 1.165) is 28.0 Å². The molecule has 1 aliphatic rings. The maximum Gasteiger partial charge on any atom is 0.329 e. The standard InChI is InChI=1S/C17H19NO5S/c1-4-22-13-8-6-12(7-9-13)10-14-15(19)18(17(21)24-14)11(3)16(20)23-5-2/h6-11H,4-5H2,1-3H3/b14-10+. The molecule has 0 spiro atoms. The molecule has 0 saturated carbocycles. The molecule has 0 bridgehead atoms. The number of esters is 1. The maximum atomic E-state index is 12.4. The summed E-state index contributed by atoms with van der Waals surface area (Å²) in [6, 6.07) is 6.24. The third-order valence-corrected chi connectivity index (χ3v) is 4.21. The van der Waals surface area contributed by atoms with E-state index in [1.807, 2.05) is 6.92 Å². The molecule has 1 aromatic carbocycles. The van der Waals surface area contributed by atoms with Gasteiger partial charge >= 0.3 is 5.97 Å². The van der Waals surface area contributed by atoms with Gasteiger partial charge in [-0.15, -0.1) is 0 Å². The van der Waals surface area contributed by atoms with Crippen LogP contribution in [0, 0.1) is 0 Å². The fourth-order valence-corrected chi connectivity index (χ4v) is 3.07. The van der Waals surface area contributed by atoms with E-state index >= 15 is 0 Å². The molecular weight excluding hydrogens is 330 g/mol. The van der Waals surface area contributed by atoms with Crippen LogP contribution in [0.3, 0.4) is 0 Å². The summed E-state index contributed by atoms with van der Waals surface area (Å²) >= 11 is 0.814. The molecule has 0 radical (unpaired) electrons. The minimum atomic E-state index is -0.941. The topological polar surface area (TPSA) is 72.9 Å². The number of amides is 2. The largest absolute Gasteiger partial charge is 0.494 e. The SMILES string of the molecule is CCOC(=O)C(C)N1C(=O)S/C(=C/c2ccc(OCC)cc2)C1=O. The number of ether oxygens (including phenoxy) is 2. The number of carbonyl (C=O) groups excluding carboxylic acids is 3. The molecule has 1 fully saturated rings. The summed E-state index contributed by atoms with van der Waals surface area (Å²) in [5.41, 5.74) is 0.771. The van der Waals surface area contributed by atoms with Crippen LogP contribution < -0.4 is 4.74 Å². The van der Waals surface area contributed by atoms with Crippen LogP contribution in [0.4, 0.5) is 4.79 Å². The Hall–Kier alpha value is -2.28. The van der Waals surface area contributed by atoms with Gasteiger partial charge in [-0.25, -0.2) is 4.79 Å². The summed E-state index contributed by atoms with van der Waals surface area (Å²) in [5.74, 6) is -0.347. The highest BCUT2D eigenvalue weighted by Gasteiger charge is 2.41. The molecule has 2 amide bonds. The number of imide groups is 1. The van der Waals surface area contributed by atoms with Gasteiger partial charge in [-0.3, -0.25) is 14.5 Å². The van der Waals surface area contributed by atoms with Crippen molar-refractivity contribution < 1.29 is 23.9 Å². The van der Waals surface area contributed by atoms with Gasteiger partial charge < -0.3 is 9.47 Å². The Kier molecular flexibility index (Phi) is 6.03. The monoisotopic (exact) mass is 349 g/mol. The van der Waals surface area contributed by atoms with Crippen molar-refractivity contribution in [1.82, 2.24) is 4.90 Å². The Labute approximate surface area is 144 Å². The van der Waals surface area contributed by atoms with Crippen molar-refractivity contribution in [3.63, 3.8) is 0 Å². The second-order valence-electron chi connectivity index (χ2n) is 4.98. The van der Waals surface area contributed by atoms with Crippen molar-refractivity contribution in [2.24, 2.45) is 0 Å². The Morgan fingerprint density at radius 3 is 2.46 bits per heavy atom. The first-order valence-electron chi connectivity index (χ1n) is 7.64. The predicted octanol–water partition coefficient (Wildman–Crippen LogP) is 3.07. The van der Waals surface area contributed by atoms with E-state index in [0.29, 0.717) is 6.61 Å². The Morgan fingerprint density at radius 2 is 1.88 bits per heavy atom. The minimum Gasteiger partial charge on any atom is -0.494 e. The van der Waals surface area contributed by atoms with Gasteiger partial charge in [-0.05, 0) is 56.3 Å². The first-order chi connectivity index (χ1) is 11.5. The molecule has 1 saturated heterocycles. The number of rotatable bonds is 6. The molecule has 1 aliphatic heterocycles. The van der Waals surface area contributed by atoms with Gasteiger partial charge in [-0.2, -0.15) is 0 Å². The van der Waals surface area contributed by atoms with Gasteiger partial charge in [0.15, 0.2) is 0 Å². The molecule has 7 heteroatoms. The maximum absolute atomic E-state index is 12.4. The van der Waals surface area contributed by atoms with Crippen molar-refractivity contribution in [3.05, 3.63) is 34.7 Å². The molecular formula is C17H19NO5S. The summed E-state index contributed by atoms with van der Waals surface area (Å²) < 4.78 is 10.2. The van der Waals surface area contributed by atoms with Gasteiger partial charge in [-0.1, -0.05) is 12.1 Å². The predicted molar refractivity (Wildman–Crippen MR) is 91.5 cm³/mol. The minimum absolute atomic E-state index is 0.196. The summed E-state index contributed by atoms with van der Waals surface area (Å²) in [5, 5.41) is -0.474. The smallest absolute Gasteiger partial charge is 0.329 e. The Bertz CT molecular complexity index is 668. The van der Waals surface area contributed by atoms with E-state index in [1.54, 1.807) is 37.3 Å². The quantitative estimate of drug-likeness (QED) is 0.580. The highest BCUT2D eigenvalue weighted by atomic mass is 32.2. The lowest BCUT2D eigenvalue weighted by Crippen LogP contribution is -2.42. The van der Waals surface area contributed by atoms with E-state index in [2.05, 4.69) is 0 Å². The van der Waals surface area contributed by atoms with Crippen LogP contribution in [0.5, 0.6) is 5.75 Å². The van der Waals surface area contributed by atoms with Crippen LogP contribution in [0.2, 0.25) is 0 Å². The summed E-state index contributed by atoms with van der Waals surface area (Å²) in [4.78, 5) is 37.5. The highest BCUT2D eigenvalue weighted by molar-refractivity contribution is 8.18. The molecule has 1 aromatic rings. The van der Waals surface area contributed by atoms with E-state index < -0.39 is 23.2 Å². The van der Waals surface area contributed by atoms with Crippen molar-refractivity contribution in [2.75, 3.05) is 13.2 Å². The zero-order valence-corrected chi connectivity index (χ0v) is 14.6. The van der Waals surface area contributed by atoms with Crippen LogP contribution in [0.25, 0.3) is 6.08 Å². The number of nitrogens with zero attached hydrogens (tertiary/aromatic N) is 1. The lowest BCUT2D eigenvalue weighted by molar-refractivity contribution is -0.150. The summed E-state index contributed by atoms with van der Waals surface area (Å²) in [6.45, 7) is 5.82. The molecule has 0 N–H and O–H groups in total. The van der Waals surface area contributed by atoms with Crippen molar-refractivity contribution in [3.8, 4) is 5.75 Å². The van der Waals surface area contributed by atoms with E-state index in [-0.39, 0.29) is 11.5 Å². The number of hydrogen-bond acceptors (Lipinski definition) is 6. The van der Waals surface area contributed by atoms with Gasteiger partial charge in [0.25, 0.3) is 11.1 Å². The van der Waals surface area contributed by atoms with Crippen LogP contribution >= 0.6 is 11.8 Å². The molecule has 0 aliphatic carbocycles. The second kappa shape index (κ2) is 8.01. The van der Waals surface area contributed by atoms with Crippen molar-refractivity contribution in [2.45, 2.75) is 26.8 Å². The van der Waals surface area contributed by atoms with Crippen LogP contribution in [0.1, 0.15) is 26.3 Å².